The van der Waals surface area contributed by atoms with Crippen molar-refractivity contribution >= 4 is 5.91 Å². The molecule has 3 nitrogen and oxygen atoms in total. The zero-order valence-electron chi connectivity index (χ0n) is 10.8. The lowest BCUT2D eigenvalue weighted by atomic mass is 9.63. The van der Waals surface area contributed by atoms with Gasteiger partial charge in [-0.2, -0.15) is 0 Å². The summed E-state index contributed by atoms with van der Waals surface area (Å²) < 4.78 is 0. The van der Waals surface area contributed by atoms with Crippen molar-refractivity contribution in [1.29, 1.82) is 0 Å². The number of carbonyl (C=O) groups excluding carboxylic acids is 1. The van der Waals surface area contributed by atoms with Gasteiger partial charge in [-0.05, 0) is 38.3 Å². The summed E-state index contributed by atoms with van der Waals surface area (Å²) in [6.45, 7) is 9.55. The Bertz CT molecular complexity index is 269. The van der Waals surface area contributed by atoms with Crippen LogP contribution >= 0.6 is 0 Å². The number of hydrogen-bond donors (Lipinski definition) is 1. The molecule has 0 aromatic heterocycles. The van der Waals surface area contributed by atoms with Crippen molar-refractivity contribution in [3.05, 3.63) is 0 Å². The molecule has 92 valence electrons. The average molecular weight is 224 g/mol. The largest absolute Gasteiger partial charge is 0.338 e. The van der Waals surface area contributed by atoms with Crippen LogP contribution < -0.4 is 5.32 Å². The molecule has 2 heterocycles. The molecule has 0 saturated carbocycles. The van der Waals surface area contributed by atoms with Gasteiger partial charge in [-0.25, -0.2) is 0 Å². The molecule has 1 N–H and O–H groups in total. The second kappa shape index (κ2) is 4.36. The van der Waals surface area contributed by atoms with Gasteiger partial charge in [-0.1, -0.05) is 20.8 Å². The molecule has 2 fully saturated rings. The maximum atomic E-state index is 12.3. The van der Waals surface area contributed by atoms with Gasteiger partial charge < -0.3 is 10.2 Å². The SMILES string of the molecule is CCC1N(CC(C)C)C(=O)C12CCNCC2. The Hall–Kier alpha value is -0.570. The Morgan fingerprint density at radius 3 is 2.56 bits per heavy atom. The lowest BCUT2D eigenvalue weighted by Gasteiger charge is -2.58. The van der Waals surface area contributed by atoms with Gasteiger partial charge in [0.25, 0.3) is 0 Å². The lowest BCUT2D eigenvalue weighted by molar-refractivity contribution is -0.177. The highest BCUT2D eigenvalue weighted by Gasteiger charge is 2.58. The Morgan fingerprint density at radius 2 is 2.06 bits per heavy atom. The Labute approximate surface area is 98.6 Å². The molecule has 2 aliphatic rings. The minimum atomic E-state index is 0.00882. The highest BCUT2D eigenvalue weighted by atomic mass is 16.2. The molecule has 2 saturated heterocycles. The van der Waals surface area contributed by atoms with Crippen LogP contribution in [-0.2, 0) is 4.79 Å². The summed E-state index contributed by atoms with van der Waals surface area (Å²) in [6, 6.07) is 0.504. The van der Waals surface area contributed by atoms with Crippen LogP contribution in [-0.4, -0.2) is 36.5 Å². The van der Waals surface area contributed by atoms with E-state index in [1.165, 1.54) is 0 Å². The summed E-state index contributed by atoms with van der Waals surface area (Å²) in [5, 5.41) is 3.36. The summed E-state index contributed by atoms with van der Waals surface area (Å²) in [5.41, 5.74) is 0.00882. The number of nitrogens with zero attached hydrogens (tertiary/aromatic N) is 1. The Morgan fingerprint density at radius 1 is 1.44 bits per heavy atom. The van der Waals surface area contributed by atoms with Crippen molar-refractivity contribution in [3.8, 4) is 0 Å². The molecule has 0 bridgehead atoms. The van der Waals surface area contributed by atoms with Crippen molar-refractivity contribution in [2.75, 3.05) is 19.6 Å². The van der Waals surface area contributed by atoms with E-state index in [0.717, 1.165) is 38.9 Å². The van der Waals surface area contributed by atoms with E-state index in [2.05, 4.69) is 31.0 Å². The number of rotatable bonds is 3. The first-order valence-electron chi connectivity index (χ1n) is 6.63. The van der Waals surface area contributed by atoms with Gasteiger partial charge in [0.1, 0.15) is 0 Å². The van der Waals surface area contributed by atoms with Crippen LogP contribution in [0.2, 0.25) is 0 Å². The maximum absolute atomic E-state index is 12.3. The number of β-lactam (4-membered cyclic amide) rings is 1. The number of amides is 1. The third-order valence-electron chi connectivity index (χ3n) is 4.15. The molecule has 16 heavy (non-hydrogen) atoms. The van der Waals surface area contributed by atoms with E-state index in [1.807, 2.05) is 0 Å². The highest BCUT2D eigenvalue weighted by Crippen LogP contribution is 2.47. The van der Waals surface area contributed by atoms with Crippen molar-refractivity contribution in [2.24, 2.45) is 11.3 Å². The molecule has 0 radical (unpaired) electrons. The molecule has 1 unspecified atom stereocenters. The molecule has 0 aliphatic carbocycles. The maximum Gasteiger partial charge on any atom is 0.231 e. The van der Waals surface area contributed by atoms with E-state index in [0.29, 0.717) is 17.9 Å². The third kappa shape index (κ3) is 1.65. The highest BCUT2D eigenvalue weighted by molar-refractivity contribution is 5.90. The second-order valence-corrected chi connectivity index (χ2v) is 5.68. The molecular formula is C13H24N2O. The zero-order chi connectivity index (χ0) is 11.8. The molecule has 1 spiro atoms. The minimum Gasteiger partial charge on any atom is -0.338 e. The van der Waals surface area contributed by atoms with Crippen LogP contribution in [0.4, 0.5) is 0 Å². The number of nitrogens with one attached hydrogen (secondary N) is 1. The van der Waals surface area contributed by atoms with Crippen LogP contribution in [0.5, 0.6) is 0 Å². The van der Waals surface area contributed by atoms with E-state index in [1.54, 1.807) is 0 Å². The first-order valence-corrected chi connectivity index (χ1v) is 6.63. The lowest BCUT2D eigenvalue weighted by Crippen LogP contribution is -2.71. The molecule has 0 aromatic carbocycles. The second-order valence-electron chi connectivity index (χ2n) is 5.68. The van der Waals surface area contributed by atoms with E-state index in [4.69, 9.17) is 0 Å². The van der Waals surface area contributed by atoms with Gasteiger partial charge in [0.15, 0.2) is 0 Å². The quantitative estimate of drug-likeness (QED) is 0.739. The van der Waals surface area contributed by atoms with E-state index in [9.17, 15) is 4.79 Å². The fourth-order valence-corrected chi connectivity index (χ4v) is 3.44. The normalized spacial score (nSPS) is 28.6. The van der Waals surface area contributed by atoms with E-state index in [-0.39, 0.29) is 5.41 Å². The van der Waals surface area contributed by atoms with Gasteiger partial charge in [-0.15, -0.1) is 0 Å². The number of carbonyl (C=O) groups is 1. The molecule has 3 heteroatoms. The summed E-state index contributed by atoms with van der Waals surface area (Å²) >= 11 is 0. The topological polar surface area (TPSA) is 32.3 Å². The number of piperidine rings is 1. The summed E-state index contributed by atoms with van der Waals surface area (Å²) in [4.78, 5) is 14.5. The summed E-state index contributed by atoms with van der Waals surface area (Å²) in [6.07, 6.45) is 3.19. The molecule has 1 amide bonds. The van der Waals surface area contributed by atoms with Gasteiger partial charge in [0.05, 0.1) is 5.41 Å². The first kappa shape index (κ1) is 11.9. The molecule has 2 rings (SSSR count). The van der Waals surface area contributed by atoms with Crippen molar-refractivity contribution in [1.82, 2.24) is 10.2 Å². The smallest absolute Gasteiger partial charge is 0.231 e. The predicted octanol–water partition coefficient (Wildman–Crippen LogP) is 1.63. The van der Waals surface area contributed by atoms with Crippen molar-refractivity contribution in [2.45, 2.75) is 46.1 Å². The van der Waals surface area contributed by atoms with Crippen molar-refractivity contribution in [3.63, 3.8) is 0 Å². The van der Waals surface area contributed by atoms with Crippen LogP contribution in [0.15, 0.2) is 0 Å². The molecule has 1 atom stereocenters. The van der Waals surface area contributed by atoms with Crippen molar-refractivity contribution < 1.29 is 4.79 Å². The fraction of sp³-hybridized carbons (Fsp3) is 0.923. The molecular weight excluding hydrogens is 200 g/mol. The standard InChI is InChI=1S/C13H24N2O/c1-4-11-13(5-7-14-8-6-13)12(16)15(11)9-10(2)3/h10-11,14H,4-9H2,1-3H3. The zero-order valence-corrected chi connectivity index (χ0v) is 10.8. The van der Waals surface area contributed by atoms with Gasteiger partial charge in [0.2, 0.25) is 5.91 Å². The average Bonchev–Trinajstić information content (AvgIpc) is 2.29. The fourth-order valence-electron chi connectivity index (χ4n) is 3.44. The van der Waals surface area contributed by atoms with Crippen LogP contribution in [0.1, 0.15) is 40.0 Å². The monoisotopic (exact) mass is 224 g/mol. The van der Waals surface area contributed by atoms with Crippen LogP contribution in [0.3, 0.4) is 0 Å². The van der Waals surface area contributed by atoms with Crippen LogP contribution in [0, 0.1) is 11.3 Å². The predicted molar refractivity (Wildman–Crippen MR) is 65.2 cm³/mol. The van der Waals surface area contributed by atoms with Gasteiger partial charge in [0, 0.05) is 12.6 Å². The summed E-state index contributed by atoms with van der Waals surface area (Å²) in [5.74, 6) is 1.01. The number of hydrogen-bond acceptors (Lipinski definition) is 2. The van der Waals surface area contributed by atoms with E-state index >= 15 is 0 Å². The first-order chi connectivity index (χ1) is 7.62. The minimum absolute atomic E-state index is 0.00882. The summed E-state index contributed by atoms with van der Waals surface area (Å²) in [7, 11) is 0. The number of likely N-dealkylation sites (tertiary alicyclic amines) is 1. The molecule has 0 aromatic rings. The van der Waals surface area contributed by atoms with Crippen LogP contribution in [0.25, 0.3) is 0 Å². The van der Waals surface area contributed by atoms with Gasteiger partial charge >= 0.3 is 0 Å². The molecule has 2 aliphatic heterocycles. The third-order valence-corrected chi connectivity index (χ3v) is 4.15. The Kier molecular flexibility index (Phi) is 3.24. The van der Waals surface area contributed by atoms with Gasteiger partial charge in [-0.3, -0.25) is 4.79 Å². The Balaban J connectivity index is 2.08. The van der Waals surface area contributed by atoms with E-state index < -0.39 is 0 Å².